The van der Waals surface area contributed by atoms with Crippen molar-refractivity contribution in [2.45, 2.75) is 0 Å². The highest BCUT2D eigenvalue weighted by molar-refractivity contribution is 6.31. The number of anilines is 1. The third kappa shape index (κ3) is 3.84. The van der Waals surface area contributed by atoms with E-state index in [-0.39, 0.29) is 18.3 Å². The smallest absolute Gasteiger partial charge is 0.195 e. The molecule has 7 nitrogen and oxygen atoms in total. The lowest BCUT2D eigenvalue weighted by Crippen LogP contribution is -2.11. The number of nitrogens with zero attached hydrogens (tertiary/aromatic N) is 2. The zero-order chi connectivity index (χ0) is 18.5. The van der Waals surface area contributed by atoms with Crippen LogP contribution in [0.3, 0.4) is 0 Å². The van der Waals surface area contributed by atoms with Crippen molar-refractivity contribution < 1.29 is 9.90 Å². The van der Waals surface area contributed by atoms with Crippen LogP contribution in [0.15, 0.2) is 60.1 Å². The highest BCUT2D eigenvalue weighted by atomic mass is 35.5. The molecule has 0 aliphatic heterocycles. The Balaban J connectivity index is 1.82. The van der Waals surface area contributed by atoms with Crippen LogP contribution in [0.1, 0.15) is 15.9 Å². The molecule has 8 heteroatoms. The number of carbonyl (C=O) groups excluding carboxylic acids is 1. The summed E-state index contributed by atoms with van der Waals surface area (Å²) >= 11 is 5.99. The first kappa shape index (κ1) is 17.5. The fraction of sp³-hybridized carbons (Fsp3) is 0.0556. The van der Waals surface area contributed by atoms with Crippen molar-refractivity contribution in [3.63, 3.8) is 0 Å². The molecule has 1 aromatic carbocycles. The van der Waals surface area contributed by atoms with E-state index in [4.69, 9.17) is 22.4 Å². The number of aliphatic imine (C=N–C) groups is 1. The van der Waals surface area contributed by atoms with Crippen LogP contribution in [0.25, 0.3) is 11.0 Å². The number of pyridine rings is 1. The number of aromatic nitrogens is 2. The summed E-state index contributed by atoms with van der Waals surface area (Å²) in [5.41, 5.74) is 7.89. The fourth-order valence-electron chi connectivity index (χ4n) is 2.44. The minimum atomic E-state index is -0.143. The number of ketones is 1. The molecule has 2 aromatic heterocycles. The summed E-state index contributed by atoms with van der Waals surface area (Å²) in [5, 5.41) is 12.8. The van der Waals surface area contributed by atoms with E-state index in [0.717, 1.165) is 11.9 Å². The minimum absolute atomic E-state index is 0.143. The number of aromatic amines is 1. The van der Waals surface area contributed by atoms with E-state index in [9.17, 15) is 4.79 Å². The number of benzene rings is 1. The zero-order valence-corrected chi connectivity index (χ0v) is 14.4. The number of fused-ring (bicyclic) bond motifs is 1. The Bertz CT molecular complexity index is 1010. The Labute approximate surface area is 154 Å². The summed E-state index contributed by atoms with van der Waals surface area (Å²) in [6.07, 6.45) is 5.25. The highest BCUT2D eigenvalue weighted by Gasteiger charge is 2.15. The molecule has 0 amide bonds. The molecular formula is C18H16ClN5O2. The molecule has 5 N–H and O–H groups in total. The van der Waals surface area contributed by atoms with Crippen LogP contribution in [0, 0.1) is 0 Å². The first-order valence-corrected chi connectivity index (χ1v) is 8.08. The number of H-pyrrole nitrogens is 1. The van der Waals surface area contributed by atoms with E-state index in [2.05, 4.69) is 20.3 Å². The number of nitrogens with one attached hydrogen (secondary N) is 2. The summed E-state index contributed by atoms with van der Waals surface area (Å²) in [6, 6.07) is 8.76. The second kappa shape index (κ2) is 7.71. The van der Waals surface area contributed by atoms with E-state index >= 15 is 0 Å². The Kier molecular flexibility index (Phi) is 5.19. The predicted molar refractivity (Wildman–Crippen MR) is 103 cm³/mol. The summed E-state index contributed by atoms with van der Waals surface area (Å²) in [5.74, 6) is 0.0468. The number of hydrogen-bond acceptors (Lipinski definition) is 5. The monoisotopic (exact) mass is 369 g/mol. The lowest BCUT2D eigenvalue weighted by Gasteiger charge is -2.06. The molecule has 2 heterocycles. The number of hydrogen-bond donors (Lipinski definition) is 4. The second-order valence-corrected chi connectivity index (χ2v) is 5.83. The summed E-state index contributed by atoms with van der Waals surface area (Å²) < 4.78 is 0. The first-order valence-electron chi connectivity index (χ1n) is 7.70. The van der Waals surface area contributed by atoms with Gasteiger partial charge in [0.05, 0.1) is 11.3 Å². The average molecular weight is 370 g/mol. The van der Waals surface area contributed by atoms with Gasteiger partial charge in [0.15, 0.2) is 5.78 Å². The number of amidine groups is 1. The maximum atomic E-state index is 12.8. The van der Waals surface area contributed by atoms with Crippen molar-refractivity contribution in [1.29, 1.82) is 0 Å². The Morgan fingerprint density at radius 1 is 1.42 bits per heavy atom. The molecule has 3 rings (SSSR count). The Morgan fingerprint density at radius 2 is 2.27 bits per heavy atom. The molecule has 3 aromatic rings. The maximum absolute atomic E-state index is 12.8. The van der Waals surface area contributed by atoms with Crippen LogP contribution in [0.2, 0.25) is 5.02 Å². The first-order chi connectivity index (χ1) is 12.6. The molecule has 26 heavy (non-hydrogen) atoms. The van der Waals surface area contributed by atoms with E-state index < -0.39 is 0 Å². The van der Waals surface area contributed by atoms with E-state index in [1.54, 1.807) is 30.5 Å². The lowest BCUT2D eigenvalue weighted by molar-refractivity contribution is 0.104. The number of rotatable bonds is 6. The van der Waals surface area contributed by atoms with Crippen LogP contribution in [-0.4, -0.2) is 33.4 Å². The molecule has 0 aliphatic rings. The normalized spacial score (nSPS) is 12.0. The van der Waals surface area contributed by atoms with Crippen molar-refractivity contribution in [2.75, 3.05) is 12.0 Å². The fourth-order valence-corrected chi connectivity index (χ4v) is 2.60. The standard InChI is InChI=1S/C18H16ClN5O2/c19-12-7-14-15(9-22-18(14)21-8-12)17(26)11-2-1-3-13(6-11)23-10-24-16(20)4-5-25/h1-9,23,25H,10H2,(H2,20,24)(H,21,22)/b5-4-. The Hall–Kier alpha value is -3.32. The lowest BCUT2D eigenvalue weighted by atomic mass is 10.0. The van der Waals surface area contributed by atoms with Crippen LogP contribution < -0.4 is 11.1 Å². The van der Waals surface area contributed by atoms with Gasteiger partial charge in [0.25, 0.3) is 0 Å². The predicted octanol–water partition coefficient (Wildman–Crippen LogP) is 3.25. The summed E-state index contributed by atoms with van der Waals surface area (Å²) in [4.78, 5) is 24.0. The molecule has 132 valence electrons. The molecule has 0 spiro atoms. The van der Waals surface area contributed by atoms with Gasteiger partial charge in [-0.15, -0.1) is 0 Å². The third-order valence-corrected chi connectivity index (χ3v) is 3.86. The van der Waals surface area contributed by atoms with Crippen molar-refractivity contribution in [3.8, 4) is 0 Å². The van der Waals surface area contributed by atoms with E-state index in [1.165, 1.54) is 12.3 Å². The van der Waals surface area contributed by atoms with Crippen LogP contribution in [0.4, 0.5) is 5.69 Å². The van der Waals surface area contributed by atoms with Crippen molar-refractivity contribution in [1.82, 2.24) is 9.97 Å². The third-order valence-electron chi connectivity index (χ3n) is 3.66. The minimum Gasteiger partial charge on any atom is -0.515 e. The van der Waals surface area contributed by atoms with Gasteiger partial charge in [-0.05, 0) is 18.2 Å². The van der Waals surface area contributed by atoms with Crippen molar-refractivity contribution in [2.24, 2.45) is 10.7 Å². The molecule has 0 bridgehead atoms. The number of aliphatic hydroxyl groups excluding tert-OH is 1. The highest BCUT2D eigenvalue weighted by Crippen LogP contribution is 2.23. The molecule has 0 radical (unpaired) electrons. The number of aliphatic hydroxyl groups is 1. The maximum Gasteiger partial charge on any atom is 0.195 e. The van der Waals surface area contributed by atoms with Gasteiger partial charge in [0.1, 0.15) is 18.2 Å². The van der Waals surface area contributed by atoms with Crippen molar-refractivity contribution in [3.05, 3.63) is 71.2 Å². The second-order valence-electron chi connectivity index (χ2n) is 5.40. The SMILES string of the molecule is NC(/C=C\O)=N/CNc1cccc(C(=O)c2c[nH]c3ncc(Cl)cc23)c1. The molecule has 0 fully saturated rings. The molecule has 0 atom stereocenters. The molecule has 0 aliphatic carbocycles. The van der Waals surface area contributed by atoms with Crippen LogP contribution in [0.5, 0.6) is 0 Å². The summed E-state index contributed by atoms with van der Waals surface area (Å²) in [7, 11) is 0. The zero-order valence-electron chi connectivity index (χ0n) is 13.6. The average Bonchev–Trinajstić information content (AvgIpc) is 3.04. The number of nitrogens with two attached hydrogens (primary N) is 1. The molecule has 0 saturated heterocycles. The van der Waals surface area contributed by atoms with Gasteiger partial charge < -0.3 is 21.1 Å². The number of halogens is 1. The van der Waals surface area contributed by atoms with Gasteiger partial charge in [-0.1, -0.05) is 23.7 Å². The van der Waals surface area contributed by atoms with E-state index in [1.807, 2.05) is 6.07 Å². The topological polar surface area (TPSA) is 116 Å². The largest absolute Gasteiger partial charge is 0.515 e. The van der Waals surface area contributed by atoms with Gasteiger partial charge in [0.2, 0.25) is 0 Å². The van der Waals surface area contributed by atoms with Gasteiger partial charge in [0, 0.05) is 40.7 Å². The van der Waals surface area contributed by atoms with E-state index in [0.29, 0.717) is 27.2 Å². The number of carbonyl (C=O) groups is 1. The Morgan fingerprint density at radius 3 is 3.08 bits per heavy atom. The van der Waals surface area contributed by atoms with Gasteiger partial charge in [-0.3, -0.25) is 4.79 Å². The van der Waals surface area contributed by atoms with Gasteiger partial charge in [-0.25, -0.2) is 9.98 Å². The van der Waals surface area contributed by atoms with Gasteiger partial charge in [-0.2, -0.15) is 0 Å². The quantitative estimate of drug-likeness (QED) is 0.230. The van der Waals surface area contributed by atoms with Gasteiger partial charge >= 0.3 is 0 Å². The molecule has 0 saturated carbocycles. The summed E-state index contributed by atoms with van der Waals surface area (Å²) in [6.45, 7) is 0.209. The van der Waals surface area contributed by atoms with Crippen LogP contribution in [-0.2, 0) is 0 Å². The molecular weight excluding hydrogens is 354 g/mol. The van der Waals surface area contributed by atoms with Crippen LogP contribution >= 0.6 is 11.6 Å². The molecule has 0 unspecified atom stereocenters. The van der Waals surface area contributed by atoms with Crippen molar-refractivity contribution >= 4 is 39.9 Å².